The first kappa shape index (κ1) is 19.5. The molecule has 1 amide bonds. The average Bonchev–Trinajstić information content (AvgIpc) is 3.25. The van der Waals surface area contributed by atoms with Gasteiger partial charge in [0.15, 0.2) is 5.16 Å². The van der Waals surface area contributed by atoms with E-state index in [1.54, 1.807) is 0 Å². The maximum absolute atomic E-state index is 12.3. The number of anilines is 1. The van der Waals surface area contributed by atoms with Crippen LogP contribution in [0.3, 0.4) is 0 Å². The Kier molecular flexibility index (Phi) is 6.65. The molecule has 1 atom stereocenters. The van der Waals surface area contributed by atoms with E-state index in [0.29, 0.717) is 17.0 Å². The van der Waals surface area contributed by atoms with Crippen molar-refractivity contribution in [1.29, 1.82) is 0 Å². The van der Waals surface area contributed by atoms with Crippen LogP contribution in [0.4, 0.5) is 5.82 Å². The highest BCUT2D eigenvalue weighted by molar-refractivity contribution is 7.99. The van der Waals surface area contributed by atoms with Gasteiger partial charge in [0.25, 0.3) is 0 Å². The minimum atomic E-state index is 0.0718. The fourth-order valence-corrected chi connectivity index (χ4v) is 4.58. The molecule has 1 aliphatic carbocycles. The lowest BCUT2D eigenvalue weighted by Crippen LogP contribution is -2.37. The summed E-state index contributed by atoms with van der Waals surface area (Å²) in [4.78, 5) is 21.6. The number of carbonyl (C=O) groups is 1. The Balaban J connectivity index is 1.40. The quantitative estimate of drug-likeness (QED) is 0.544. The molecule has 4 rings (SSSR count). The zero-order valence-corrected chi connectivity index (χ0v) is 17.0. The monoisotopic (exact) mass is 400 g/mol. The van der Waals surface area contributed by atoms with Crippen molar-refractivity contribution in [1.82, 2.24) is 15.3 Å². The number of para-hydroxylation sites is 1. The van der Waals surface area contributed by atoms with Crippen LogP contribution in [0.5, 0.6) is 0 Å². The van der Waals surface area contributed by atoms with Gasteiger partial charge in [0.2, 0.25) is 5.91 Å². The smallest absolute Gasteiger partial charge is 0.230 e. The molecule has 1 aliphatic heterocycles. The summed E-state index contributed by atoms with van der Waals surface area (Å²) < 4.78 is 5.70. The van der Waals surface area contributed by atoms with Crippen molar-refractivity contribution in [2.45, 2.75) is 62.2 Å². The van der Waals surface area contributed by atoms with E-state index in [1.165, 1.54) is 31.0 Å². The minimum absolute atomic E-state index is 0.0718. The second-order valence-electron chi connectivity index (χ2n) is 7.58. The third-order valence-electron chi connectivity index (χ3n) is 5.41. The van der Waals surface area contributed by atoms with E-state index in [0.717, 1.165) is 55.6 Å². The van der Waals surface area contributed by atoms with Crippen LogP contribution in [0.15, 0.2) is 29.4 Å². The minimum Gasteiger partial charge on any atom is -0.376 e. The Morgan fingerprint density at radius 1 is 1.11 bits per heavy atom. The van der Waals surface area contributed by atoms with Crippen molar-refractivity contribution in [3.05, 3.63) is 24.3 Å². The Morgan fingerprint density at radius 2 is 1.96 bits per heavy atom. The maximum Gasteiger partial charge on any atom is 0.230 e. The third-order valence-corrected chi connectivity index (χ3v) is 6.25. The van der Waals surface area contributed by atoms with Gasteiger partial charge >= 0.3 is 0 Å². The lowest BCUT2D eigenvalue weighted by molar-refractivity contribution is -0.119. The van der Waals surface area contributed by atoms with E-state index < -0.39 is 0 Å². The second-order valence-corrected chi connectivity index (χ2v) is 8.52. The number of carbonyl (C=O) groups excluding carboxylic acids is 1. The molecule has 1 saturated carbocycles. The van der Waals surface area contributed by atoms with Crippen LogP contribution in [-0.2, 0) is 9.53 Å². The first-order valence-electron chi connectivity index (χ1n) is 10.3. The van der Waals surface area contributed by atoms with Crippen molar-refractivity contribution in [2.24, 2.45) is 0 Å². The fraction of sp³-hybridized carbons (Fsp3) is 0.571. The number of hydrogen-bond donors (Lipinski definition) is 2. The van der Waals surface area contributed by atoms with Crippen molar-refractivity contribution >= 4 is 34.4 Å². The van der Waals surface area contributed by atoms with Crippen LogP contribution < -0.4 is 10.6 Å². The summed E-state index contributed by atoms with van der Waals surface area (Å²) in [6.45, 7) is 1.58. The molecule has 0 spiro atoms. The predicted octanol–water partition coefficient (Wildman–Crippen LogP) is 3.76. The molecule has 2 fully saturated rings. The average molecular weight is 401 g/mol. The summed E-state index contributed by atoms with van der Waals surface area (Å²) in [6, 6.07) is 8.32. The Bertz CT molecular complexity index is 804. The first-order chi connectivity index (χ1) is 13.8. The van der Waals surface area contributed by atoms with Crippen LogP contribution in [0, 0.1) is 0 Å². The molecule has 6 nitrogen and oxygen atoms in total. The summed E-state index contributed by atoms with van der Waals surface area (Å²) in [6.07, 6.45) is 8.35. The number of nitrogens with zero attached hydrogens (tertiary/aromatic N) is 2. The van der Waals surface area contributed by atoms with Gasteiger partial charge in [-0.2, -0.15) is 0 Å². The largest absolute Gasteiger partial charge is 0.376 e. The molecule has 0 radical (unpaired) electrons. The topological polar surface area (TPSA) is 76.1 Å². The number of hydrogen-bond acceptors (Lipinski definition) is 6. The fourth-order valence-electron chi connectivity index (χ4n) is 3.92. The van der Waals surface area contributed by atoms with Gasteiger partial charge in [0, 0.05) is 24.6 Å². The number of amides is 1. The summed E-state index contributed by atoms with van der Waals surface area (Å²) in [7, 11) is 0. The third kappa shape index (κ3) is 5.14. The highest BCUT2D eigenvalue weighted by Crippen LogP contribution is 2.25. The van der Waals surface area contributed by atoms with E-state index in [2.05, 4.69) is 20.6 Å². The van der Waals surface area contributed by atoms with Crippen molar-refractivity contribution in [2.75, 3.05) is 24.2 Å². The van der Waals surface area contributed by atoms with Crippen LogP contribution >= 0.6 is 11.8 Å². The van der Waals surface area contributed by atoms with E-state index in [1.807, 2.05) is 24.3 Å². The van der Waals surface area contributed by atoms with Gasteiger partial charge in [0.1, 0.15) is 5.82 Å². The van der Waals surface area contributed by atoms with Gasteiger partial charge in [-0.05, 0) is 37.8 Å². The number of rotatable bonds is 7. The molecule has 0 bridgehead atoms. The van der Waals surface area contributed by atoms with Gasteiger partial charge in [-0.1, -0.05) is 43.2 Å². The summed E-state index contributed by atoms with van der Waals surface area (Å²) in [5, 5.41) is 8.22. The van der Waals surface area contributed by atoms with Gasteiger partial charge in [-0.3, -0.25) is 4.79 Å². The number of fused-ring (bicyclic) bond motifs is 1. The van der Waals surface area contributed by atoms with E-state index in [-0.39, 0.29) is 12.0 Å². The zero-order chi connectivity index (χ0) is 19.2. The van der Waals surface area contributed by atoms with Gasteiger partial charge in [-0.25, -0.2) is 9.97 Å². The Labute approximate surface area is 170 Å². The molecule has 2 N–H and O–H groups in total. The molecule has 2 aliphatic rings. The van der Waals surface area contributed by atoms with E-state index in [9.17, 15) is 4.79 Å². The van der Waals surface area contributed by atoms with Crippen LogP contribution in [0.2, 0.25) is 0 Å². The van der Waals surface area contributed by atoms with Crippen molar-refractivity contribution in [3.8, 4) is 0 Å². The standard InChI is InChI=1S/C21H28N4O2S/c26-19(23-15-7-2-1-3-8-15)14-28-21-24-18-11-5-4-10-17(18)20(25-21)22-13-16-9-6-12-27-16/h4-5,10-11,15-16H,1-3,6-9,12-14H2,(H,23,26)(H,22,24,25)/t16-/m1/s1. The van der Waals surface area contributed by atoms with E-state index >= 15 is 0 Å². The van der Waals surface area contributed by atoms with Crippen LogP contribution in [0.1, 0.15) is 44.9 Å². The molecular weight excluding hydrogens is 372 g/mol. The molecule has 1 saturated heterocycles. The predicted molar refractivity (Wildman–Crippen MR) is 113 cm³/mol. The number of aromatic nitrogens is 2. The Morgan fingerprint density at radius 3 is 2.79 bits per heavy atom. The molecule has 150 valence electrons. The number of thioether (sulfide) groups is 1. The SMILES string of the molecule is O=C(CSc1nc(NC[C@H]2CCCO2)c2ccccc2n1)NC1CCCCC1. The molecule has 0 unspecified atom stereocenters. The Hall–Kier alpha value is -1.86. The molecule has 2 heterocycles. The number of ether oxygens (including phenoxy) is 1. The normalized spacial score (nSPS) is 20.4. The lowest BCUT2D eigenvalue weighted by atomic mass is 9.95. The molecular formula is C21H28N4O2S. The first-order valence-corrected chi connectivity index (χ1v) is 11.3. The van der Waals surface area contributed by atoms with Gasteiger partial charge in [0.05, 0.1) is 17.4 Å². The molecule has 7 heteroatoms. The molecule has 2 aromatic rings. The molecule has 1 aromatic heterocycles. The maximum atomic E-state index is 12.3. The van der Waals surface area contributed by atoms with E-state index in [4.69, 9.17) is 4.74 Å². The zero-order valence-electron chi connectivity index (χ0n) is 16.2. The highest BCUT2D eigenvalue weighted by Gasteiger charge is 2.18. The summed E-state index contributed by atoms with van der Waals surface area (Å²) in [5.41, 5.74) is 0.891. The number of benzene rings is 1. The van der Waals surface area contributed by atoms with Crippen LogP contribution in [-0.4, -0.2) is 46.9 Å². The highest BCUT2D eigenvalue weighted by atomic mass is 32.2. The van der Waals surface area contributed by atoms with Gasteiger partial charge < -0.3 is 15.4 Å². The summed E-state index contributed by atoms with van der Waals surface area (Å²) >= 11 is 1.40. The van der Waals surface area contributed by atoms with Gasteiger partial charge in [-0.15, -0.1) is 0 Å². The molecule has 1 aromatic carbocycles. The second kappa shape index (κ2) is 9.56. The van der Waals surface area contributed by atoms with Crippen molar-refractivity contribution < 1.29 is 9.53 Å². The number of nitrogens with one attached hydrogen (secondary N) is 2. The van der Waals surface area contributed by atoms with Crippen molar-refractivity contribution in [3.63, 3.8) is 0 Å². The molecule has 28 heavy (non-hydrogen) atoms. The summed E-state index contributed by atoms with van der Waals surface area (Å²) in [5.74, 6) is 1.24. The lowest BCUT2D eigenvalue weighted by Gasteiger charge is -2.22. The van der Waals surface area contributed by atoms with Crippen LogP contribution in [0.25, 0.3) is 10.9 Å².